The Balaban J connectivity index is 1.86. The number of hydrogen-bond acceptors (Lipinski definition) is 5. The van der Waals surface area contributed by atoms with Gasteiger partial charge in [-0.05, 0) is 25.3 Å². The minimum atomic E-state index is -0.255. The van der Waals surface area contributed by atoms with Gasteiger partial charge >= 0.3 is 0 Å². The fourth-order valence-electron chi connectivity index (χ4n) is 2.86. The Hall–Kier alpha value is -1.11. The molecule has 1 aliphatic heterocycles. The molecule has 0 aliphatic carbocycles. The summed E-state index contributed by atoms with van der Waals surface area (Å²) in [6.45, 7) is 7.79. The third-order valence-electron chi connectivity index (χ3n) is 4.28. The van der Waals surface area contributed by atoms with Crippen molar-refractivity contribution in [1.29, 1.82) is 0 Å². The van der Waals surface area contributed by atoms with Crippen LogP contribution in [0.4, 0.5) is 5.82 Å². The van der Waals surface area contributed by atoms with Crippen LogP contribution in [0.15, 0.2) is 11.6 Å². The molecule has 1 aliphatic rings. The Morgan fingerprint density at radius 3 is 3.14 bits per heavy atom. The second-order valence-corrected chi connectivity index (χ2v) is 6.77. The van der Waals surface area contributed by atoms with Crippen molar-refractivity contribution >= 4 is 22.1 Å². The molecule has 116 valence electrons. The van der Waals surface area contributed by atoms with Gasteiger partial charge in [-0.25, -0.2) is 4.98 Å². The van der Waals surface area contributed by atoms with Gasteiger partial charge in [-0.1, -0.05) is 13.8 Å². The van der Waals surface area contributed by atoms with E-state index in [1.54, 1.807) is 11.3 Å². The average molecular weight is 308 g/mol. The summed E-state index contributed by atoms with van der Waals surface area (Å²) in [5, 5.41) is 15.7. The molecule has 1 fully saturated rings. The third-order valence-corrected chi connectivity index (χ3v) is 5.03. The molecule has 2 N–H and O–H groups in total. The Labute approximate surface area is 129 Å². The molecule has 3 heterocycles. The van der Waals surface area contributed by atoms with E-state index >= 15 is 0 Å². The van der Waals surface area contributed by atoms with Gasteiger partial charge in [0.2, 0.25) is 0 Å². The molecule has 2 unspecified atom stereocenters. The van der Waals surface area contributed by atoms with Crippen molar-refractivity contribution in [1.82, 2.24) is 14.7 Å². The molecular weight excluding hydrogens is 284 g/mol. The second-order valence-electron chi connectivity index (χ2n) is 5.89. The van der Waals surface area contributed by atoms with Crippen LogP contribution in [0.2, 0.25) is 0 Å². The summed E-state index contributed by atoms with van der Waals surface area (Å²) in [6.07, 6.45) is 3.98. The number of imidazole rings is 1. The minimum Gasteiger partial charge on any atom is -0.391 e. The molecular formula is C15H24N4OS. The van der Waals surface area contributed by atoms with Crippen LogP contribution in [0.5, 0.6) is 0 Å². The molecule has 5 nitrogen and oxygen atoms in total. The number of nitrogens with one attached hydrogen (secondary N) is 1. The van der Waals surface area contributed by atoms with E-state index in [9.17, 15) is 5.11 Å². The zero-order chi connectivity index (χ0) is 14.8. The zero-order valence-corrected chi connectivity index (χ0v) is 13.6. The topological polar surface area (TPSA) is 52.8 Å². The number of hydrogen-bond donors (Lipinski definition) is 2. The normalized spacial score (nSPS) is 23.1. The number of rotatable bonds is 5. The van der Waals surface area contributed by atoms with Gasteiger partial charge in [-0.2, -0.15) is 0 Å². The summed E-state index contributed by atoms with van der Waals surface area (Å²) < 4.78 is 2.17. The van der Waals surface area contributed by atoms with Crippen molar-refractivity contribution < 1.29 is 5.11 Å². The fourth-order valence-corrected chi connectivity index (χ4v) is 3.59. The van der Waals surface area contributed by atoms with E-state index in [-0.39, 0.29) is 6.10 Å². The van der Waals surface area contributed by atoms with Crippen LogP contribution in [0.1, 0.15) is 32.4 Å². The molecule has 21 heavy (non-hydrogen) atoms. The van der Waals surface area contributed by atoms with Crippen molar-refractivity contribution in [2.75, 3.05) is 24.5 Å². The summed E-state index contributed by atoms with van der Waals surface area (Å²) in [5.74, 6) is 1.42. The van der Waals surface area contributed by atoms with Crippen molar-refractivity contribution in [3.8, 4) is 0 Å². The highest BCUT2D eigenvalue weighted by molar-refractivity contribution is 7.15. The van der Waals surface area contributed by atoms with Crippen LogP contribution >= 0.6 is 11.3 Å². The Kier molecular flexibility index (Phi) is 4.47. The number of nitrogens with zero attached hydrogens (tertiary/aromatic N) is 3. The van der Waals surface area contributed by atoms with Gasteiger partial charge in [0.15, 0.2) is 10.8 Å². The number of piperidine rings is 1. The molecule has 6 heteroatoms. The van der Waals surface area contributed by atoms with E-state index in [0.717, 1.165) is 43.3 Å². The van der Waals surface area contributed by atoms with Crippen LogP contribution in [0.3, 0.4) is 0 Å². The smallest absolute Gasteiger partial charge is 0.195 e. The van der Waals surface area contributed by atoms with Gasteiger partial charge in [-0.3, -0.25) is 4.40 Å². The van der Waals surface area contributed by atoms with Gasteiger partial charge in [0.1, 0.15) is 0 Å². The van der Waals surface area contributed by atoms with Crippen LogP contribution in [-0.2, 0) is 6.54 Å². The van der Waals surface area contributed by atoms with Gasteiger partial charge in [-0.15, -0.1) is 11.3 Å². The van der Waals surface area contributed by atoms with E-state index in [1.807, 2.05) is 0 Å². The molecule has 3 rings (SSSR count). The van der Waals surface area contributed by atoms with Crippen molar-refractivity contribution in [2.45, 2.75) is 39.3 Å². The van der Waals surface area contributed by atoms with Gasteiger partial charge < -0.3 is 15.3 Å². The first kappa shape index (κ1) is 14.8. The summed E-state index contributed by atoms with van der Waals surface area (Å²) in [7, 11) is 0. The monoisotopic (exact) mass is 308 g/mol. The van der Waals surface area contributed by atoms with Crippen LogP contribution in [0.25, 0.3) is 4.96 Å². The van der Waals surface area contributed by atoms with E-state index in [2.05, 4.69) is 40.0 Å². The van der Waals surface area contributed by atoms with Gasteiger partial charge in [0.05, 0.1) is 11.8 Å². The van der Waals surface area contributed by atoms with Crippen LogP contribution in [-0.4, -0.2) is 40.2 Å². The Morgan fingerprint density at radius 2 is 2.38 bits per heavy atom. The summed E-state index contributed by atoms with van der Waals surface area (Å²) in [4.78, 5) is 8.07. The first-order valence-corrected chi connectivity index (χ1v) is 8.66. The van der Waals surface area contributed by atoms with E-state index in [4.69, 9.17) is 4.98 Å². The van der Waals surface area contributed by atoms with Crippen LogP contribution in [0, 0.1) is 5.92 Å². The second kappa shape index (κ2) is 6.34. The van der Waals surface area contributed by atoms with Crippen molar-refractivity contribution in [2.24, 2.45) is 5.92 Å². The molecule has 2 aromatic rings. The molecule has 0 radical (unpaired) electrons. The summed E-state index contributed by atoms with van der Waals surface area (Å²) in [6, 6.07) is 0. The maximum absolute atomic E-state index is 10.2. The van der Waals surface area contributed by atoms with Gasteiger partial charge in [0.25, 0.3) is 0 Å². The SMILES string of the molecule is CCCNCc1c(N2CCC(C)C(O)C2)nc2sccn12. The lowest BCUT2D eigenvalue weighted by atomic mass is 9.96. The number of thiazole rings is 1. The Bertz CT molecular complexity index is 594. The van der Waals surface area contributed by atoms with Crippen LogP contribution < -0.4 is 10.2 Å². The quantitative estimate of drug-likeness (QED) is 0.831. The number of aliphatic hydroxyl groups is 1. The maximum Gasteiger partial charge on any atom is 0.195 e. The first-order valence-electron chi connectivity index (χ1n) is 7.78. The summed E-state index contributed by atoms with van der Waals surface area (Å²) in [5.41, 5.74) is 1.21. The maximum atomic E-state index is 10.2. The molecule has 0 aromatic carbocycles. The largest absolute Gasteiger partial charge is 0.391 e. The molecule has 2 aromatic heterocycles. The highest BCUT2D eigenvalue weighted by Crippen LogP contribution is 2.28. The number of anilines is 1. The Morgan fingerprint density at radius 1 is 1.52 bits per heavy atom. The lowest BCUT2D eigenvalue weighted by molar-refractivity contribution is 0.102. The third kappa shape index (κ3) is 2.93. The number of aromatic nitrogens is 2. The lowest BCUT2D eigenvalue weighted by Crippen LogP contribution is -2.43. The van der Waals surface area contributed by atoms with E-state index < -0.39 is 0 Å². The zero-order valence-electron chi connectivity index (χ0n) is 12.7. The molecule has 0 amide bonds. The molecule has 0 bridgehead atoms. The van der Waals surface area contributed by atoms with Crippen molar-refractivity contribution in [3.05, 3.63) is 17.3 Å². The predicted molar refractivity (Wildman–Crippen MR) is 87.1 cm³/mol. The number of β-amino-alcohol motifs (C(OH)–C–C–N with tert-alkyl or cyclic N) is 1. The highest BCUT2D eigenvalue weighted by Gasteiger charge is 2.28. The molecule has 0 spiro atoms. The van der Waals surface area contributed by atoms with Crippen molar-refractivity contribution in [3.63, 3.8) is 0 Å². The number of aliphatic hydroxyl groups excluding tert-OH is 1. The summed E-state index contributed by atoms with van der Waals surface area (Å²) >= 11 is 1.66. The lowest BCUT2D eigenvalue weighted by Gasteiger charge is -2.35. The first-order chi connectivity index (χ1) is 10.2. The minimum absolute atomic E-state index is 0.255. The number of fused-ring (bicyclic) bond motifs is 1. The fraction of sp³-hybridized carbons (Fsp3) is 0.667. The van der Waals surface area contributed by atoms with E-state index in [1.165, 1.54) is 5.69 Å². The van der Waals surface area contributed by atoms with Gasteiger partial charge in [0, 0.05) is 31.2 Å². The standard InChI is InChI=1S/C15H24N4OS/c1-3-5-16-9-12-14(17-15-19(12)7-8-21-15)18-6-4-11(2)13(20)10-18/h7-8,11,13,16,20H,3-6,9-10H2,1-2H3. The highest BCUT2D eigenvalue weighted by atomic mass is 32.1. The molecule has 1 saturated heterocycles. The van der Waals surface area contributed by atoms with E-state index in [0.29, 0.717) is 12.5 Å². The molecule has 0 saturated carbocycles. The predicted octanol–water partition coefficient (Wildman–Crippen LogP) is 2.10. The average Bonchev–Trinajstić information content (AvgIpc) is 3.04. The molecule has 2 atom stereocenters.